The molecule has 0 bridgehead atoms. The van der Waals surface area contributed by atoms with Crippen molar-refractivity contribution in [3.05, 3.63) is 24.7 Å². The molecule has 1 aliphatic carbocycles. The lowest BCUT2D eigenvalue weighted by atomic mass is 9.95. The lowest BCUT2D eigenvalue weighted by molar-refractivity contribution is 0.356. The fourth-order valence-corrected chi connectivity index (χ4v) is 2.67. The van der Waals surface area contributed by atoms with E-state index in [1.807, 2.05) is 24.0 Å². The van der Waals surface area contributed by atoms with Gasteiger partial charge in [-0.2, -0.15) is 5.10 Å². The Morgan fingerprint density at radius 1 is 1.22 bits per heavy atom. The molecule has 0 aromatic carbocycles. The van der Waals surface area contributed by atoms with E-state index in [9.17, 15) is 0 Å². The van der Waals surface area contributed by atoms with Crippen LogP contribution >= 0.6 is 0 Å². The molecular weight excluding hydrogens is 226 g/mol. The van der Waals surface area contributed by atoms with E-state index in [0.29, 0.717) is 6.04 Å². The molecule has 96 valence electrons. The largest absolute Gasteiger partial charge is 0.314 e. The minimum absolute atomic E-state index is 0.594. The highest BCUT2D eigenvalue weighted by molar-refractivity contribution is 5.48. The lowest BCUT2D eigenvalue weighted by Gasteiger charge is -2.24. The molecule has 1 saturated carbocycles. The number of aryl methyl sites for hydroxylation is 1. The Bertz CT molecular complexity index is 507. The number of aromatic nitrogens is 4. The van der Waals surface area contributed by atoms with Crippen LogP contribution in [0, 0.1) is 0 Å². The maximum Gasteiger partial charge on any atom is 0.208 e. The van der Waals surface area contributed by atoms with Crippen LogP contribution in [0.15, 0.2) is 24.7 Å². The van der Waals surface area contributed by atoms with E-state index < -0.39 is 0 Å². The first-order valence-electron chi connectivity index (χ1n) is 6.62. The van der Waals surface area contributed by atoms with Gasteiger partial charge in [-0.25, -0.2) is 4.98 Å². The normalized spacial score (nSPS) is 16.9. The van der Waals surface area contributed by atoms with Crippen LogP contribution in [0.3, 0.4) is 0 Å². The van der Waals surface area contributed by atoms with Crippen LogP contribution in [0.2, 0.25) is 0 Å². The zero-order valence-corrected chi connectivity index (χ0v) is 10.7. The molecule has 0 radical (unpaired) electrons. The van der Waals surface area contributed by atoms with Crippen molar-refractivity contribution in [3.63, 3.8) is 0 Å². The van der Waals surface area contributed by atoms with Gasteiger partial charge >= 0.3 is 0 Å². The lowest BCUT2D eigenvalue weighted by Crippen LogP contribution is -2.14. The predicted molar refractivity (Wildman–Crippen MR) is 70.8 cm³/mol. The van der Waals surface area contributed by atoms with E-state index in [0.717, 1.165) is 11.8 Å². The molecule has 18 heavy (non-hydrogen) atoms. The van der Waals surface area contributed by atoms with E-state index >= 15 is 0 Å². The molecule has 5 heteroatoms. The third-order valence-electron chi connectivity index (χ3n) is 3.70. The zero-order chi connectivity index (χ0) is 12.4. The van der Waals surface area contributed by atoms with E-state index in [-0.39, 0.29) is 0 Å². The second-order valence-corrected chi connectivity index (χ2v) is 4.92. The zero-order valence-electron chi connectivity index (χ0n) is 10.7. The summed E-state index contributed by atoms with van der Waals surface area (Å²) in [6, 6.07) is 2.55. The Morgan fingerprint density at radius 3 is 2.78 bits per heavy atom. The summed E-state index contributed by atoms with van der Waals surface area (Å²) < 4.78 is 4.09. The monoisotopic (exact) mass is 245 g/mol. The average Bonchev–Trinajstić information content (AvgIpc) is 3.01. The quantitative estimate of drug-likeness (QED) is 0.904. The Morgan fingerprint density at radius 2 is 2.06 bits per heavy atom. The van der Waals surface area contributed by atoms with Gasteiger partial charge in [-0.3, -0.25) is 4.68 Å². The maximum absolute atomic E-state index is 4.42. The van der Waals surface area contributed by atoms with Crippen molar-refractivity contribution in [2.75, 3.05) is 5.32 Å². The van der Waals surface area contributed by atoms with Crippen molar-refractivity contribution in [3.8, 4) is 0 Å². The van der Waals surface area contributed by atoms with Gasteiger partial charge in [-0.05, 0) is 12.8 Å². The number of hydrogen-bond donors (Lipinski definition) is 1. The summed E-state index contributed by atoms with van der Waals surface area (Å²) in [6.45, 7) is 0. The minimum atomic E-state index is 0.594. The van der Waals surface area contributed by atoms with Gasteiger partial charge in [0.25, 0.3) is 0 Å². The molecule has 2 heterocycles. The van der Waals surface area contributed by atoms with Crippen LogP contribution in [0.1, 0.15) is 38.1 Å². The predicted octanol–water partition coefficient (Wildman–Crippen LogP) is 2.87. The van der Waals surface area contributed by atoms with Crippen LogP contribution in [-0.2, 0) is 7.05 Å². The number of rotatable bonds is 3. The SMILES string of the molecule is Cn1nccc1Nc1nccn1C1CCCCC1. The van der Waals surface area contributed by atoms with Crippen LogP contribution < -0.4 is 5.32 Å². The summed E-state index contributed by atoms with van der Waals surface area (Å²) in [5.41, 5.74) is 0. The van der Waals surface area contributed by atoms with Crippen LogP contribution in [-0.4, -0.2) is 19.3 Å². The Balaban J connectivity index is 1.80. The summed E-state index contributed by atoms with van der Waals surface area (Å²) >= 11 is 0. The molecule has 2 aromatic rings. The Kier molecular flexibility index (Phi) is 3.04. The van der Waals surface area contributed by atoms with Gasteiger partial charge in [-0.15, -0.1) is 0 Å². The summed E-state index contributed by atoms with van der Waals surface area (Å²) in [4.78, 5) is 4.42. The molecule has 0 unspecified atom stereocenters. The first kappa shape index (κ1) is 11.3. The summed E-state index contributed by atoms with van der Waals surface area (Å²) in [7, 11) is 1.93. The van der Waals surface area contributed by atoms with Crippen molar-refractivity contribution in [1.29, 1.82) is 0 Å². The molecule has 1 aliphatic rings. The third-order valence-corrected chi connectivity index (χ3v) is 3.70. The molecule has 3 rings (SSSR count). The Labute approximate surface area is 107 Å². The van der Waals surface area contributed by atoms with Crippen LogP contribution in [0.4, 0.5) is 11.8 Å². The molecule has 0 aliphatic heterocycles. The number of nitrogens with zero attached hydrogens (tertiary/aromatic N) is 4. The van der Waals surface area contributed by atoms with Crippen molar-refractivity contribution < 1.29 is 0 Å². The average molecular weight is 245 g/mol. The first-order chi connectivity index (χ1) is 8.84. The molecule has 0 spiro atoms. The fourth-order valence-electron chi connectivity index (χ4n) is 2.67. The topological polar surface area (TPSA) is 47.7 Å². The number of imidazole rings is 1. The van der Waals surface area contributed by atoms with Gasteiger partial charge in [0.15, 0.2) is 0 Å². The molecular formula is C13H19N5. The summed E-state index contributed by atoms with van der Waals surface area (Å²) in [6.07, 6.45) is 12.3. The standard InChI is InChI=1S/C13H19N5/c1-17-12(7-8-15-17)16-13-14-9-10-18(13)11-5-3-2-4-6-11/h7-11H,2-6H2,1H3,(H,14,16). The molecule has 0 amide bonds. The number of hydrogen-bond acceptors (Lipinski definition) is 3. The Hall–Kier alpha value is -1.78. The highest BCUT2D eigenvalue weighted by Gasteiger charge is 2.18. The van der Waals surface area contributed by atoms with Crippen molar-refractivity contribution in [2.45, 2.75) is 38.1 Å². The first-order valence-corrected chi connectivity index (χ1v) is 6.62. The summed E-state index contributed by atoms with van der Waals surface area (Å²) in [5, 5.41) is 7.51. The van der Waals surface area contributed by atoms with Crippen LogP contribution in [0.5, 0.6) is 0 Å². The van der Waals surface area contributed by atoms with Crippen LogP contribution in [0.25, 0.3) is 0 Å². The van der Waals surface area contributed by atoms with E-state index in [2.05, 4.69) is 26.2 Å². The number of nitrogens with one attached hydrogen (secondary N) is 1. The van der Waals surface area contributed by atoms with Gasteiger partial charge in [0, 0.05) is 31.5 Å². The van der Waals surface area contributed by atoms with Gasteiger partial charge in [0.05, 0.1) is 6.20 Å². The second kappa shape index (κ2) is 4.84. The molecule has 2 aromatic heterocycles. The van der Waals surface area contributed by atoms with Crippen molar-refractivity contribution in [2.24, 2.45) is 7.05 Å². The molecule has 5 nitrogen and oxygen atoms in total. The van der Waals surface area contributed by atoms with Crippen molar-refractivity contribution >= 4 is 11.8 Å². The van der Waals surface area contributed by atoms with Gasteiger partial charge in [0.1, 0.15) is 5.82 Å². The molecule has 0 saturated heterocycles. The van der Waals surface area contributed by atoms with Crippen molar-refractivity contribution in [1.82, 2.24) is 19.3 Å². The minimum Gasteiger partial charge on any atom is -0.314 e. The van der Waals surface area contributed by atoms with E-state index in [4.69, 9.17) is 0 Å². The van der Waals surface area contributed by atoms with Gasteiger partial charge in [-0.1, -0.05) is 19.3 Å². The van der Waals surface area contributed by atoms with Gasteiger partial charge < -0.3 is 9.88 Å². The highest BCUT2D eigenvalue weighted by atomic mass is 15.3. The van der Waals surface area contributed by atoms with Gasteiger partial charge in [0.2, 0.25) is 5.95 Å². The fraction of sp³-hybridized carbons (Fsp3) is 0.538. The summed E-state index contributed by atoms with van der Waals surface area (Å²) in [5.74, 6) is 1.89. The van der Waals surface area contributed by atoms with E-state index in [1.54, 1.807) is 6.20 Å². The smallest absolute Gasteiger partial charge is 0.208 e. The molecule has 0 atom stereocenters. The third kappa shape index (κ3) is 2.12. The highest BCUT2D eigenvalue weighted by Crippen LogP contribution is 2.30. The molecule has 1 N–H and O–H groups in total. The molecule has 1 fully saturated rings. The van der Waals surface area contributed by atoms with E-state index in [1.165, 1.54) is 32.1 Å². The number of anilines is 2. The second-order valence-electron chi connectivity index (χ2n) is 4.92. The maximum atomic E-state index is 4.42.